The summed E-state index contributed by atoms with van der Waals surface area (Å²) in [5.41, 5.74) is 0. The lowest BCUT2D eigenvalue weighted by molar-refractivity contribution is 0.431. The van der Waals surface area contributed by atoms with E-state index >= 15 is 0 Å². The molecule has 0 saturated heterocycles. The number of rotatable bonds is 4. The van der Waals surface area contributed by atoms with Crippen LogP contribution in [0.2, 0.25) is 0 Å². The predicted molar refractivity (Wildman–Crippen MR) is 54.8 cm³/mol. The van der Waals surface area contributed by atoms with Crippen molar-refractivity contribution < 1.29 is 0 Å². The molecule has 0 bridgehead atoms. The van der Waals surface area contributed by atoms with Gasteiger partial charge >= 0.3 is 0 Å². The zero-order valence-electron chi connectivity index (χ0n) is 7.82. The molecule has 0 aromatic rings. The molecule has 1 aliphatic rings. The average molecular weight is 190 g/mol. The molecule has 1 aliphatic carbocycles. The van der Waals surface area contributed by atoms with Crippen molar-refractivity contribution in [3.05, 3.63) is 0 Å². The van der Waals surface area contributed by atoms with Gasteiger partial charge in [0.15, 0.2) is 0 Å². The highest BCUT2D eigenvalue weighted by atomic mass is 35.5. The van der Waals surface area contributed by atoms with E-state index in [9.17, 15) is 0 Å². The van der Waals surface area contributed by atoms with Crippen molar-refractivity contribution >= 4 is 11.6 Å². The second-order valence-corrected chi connectivity index (χ2v) is 4.13. The van der Waals surface area contributed by atoms with Crippen LogP contribution in [0.15, 0.2) is 0 Å². The van der Waals surface area contributed by atoms with Gasteiger partial charge in [-0.2, -0.15) is 0 Å². The van der Waals surface area contributed by atoms with Crippen LogP contribution in [0.3, 0.4) is 0 Å². The van der Waals surface area contributed by atoms with E-state index in [1.54, 1.807) is 0 Å². The summed E-state index contributed by atoms with van der Waals surface area (Å²) in [5, 5.41) is 3.40. The number of halogens is 1. The van der Waals surface area contributed by atoms with E-state index in [4.69, 9.17) is 11.6 Å². The summed E-state index contributed by atoms with van der Waals surface area (Å²) < 4.78 is 0. The average Bonchev–Trinajstić information content (AvgIpc) is 2.33. The van der Waals surface area contributed by atoms with Crippen molar-refractivity contribution in [1.82, 2.24) is 5.32 Å². The minimum Gasteiger partial charge on any atom is -0.315 e. The van der Waals surface area contributed by atoms with Gasteiger partial charge in [0.1, 0.15) is 0 Å². The molecule has 1 saturated carbocycles. The summed E-state index contributed by atoms with van der Waals surface area (Å²) >= 11 is 5.59. The van der Waals surface area contributed by atoms with Gasteiger partial charge in [-0.15, -0.1) is 11.6 Å². The summed E-state index contributed by atoms with van der Waals surface area (Å²) in [5.74, 6) is 1.67. The molecule has 0 spiro atoms. The first kappa shape index (κ1) is 10.3. The third-order valence-electron chi connectivity index (χ3n) is 2.68. The highest BCUT2D eigenvalue weighted by Crippen LogP contribution is 2.21. The highest BCUT2D eigenvalue weighted by Gasteiger charge is 2.10. The third-order valence-corrected chi connectivity index (χ3v) is 2.87. The molecule has 1 fully saturated rings. The molecule has 1 rings (SSSR count). The van der Waals surface area contributed by atoms with Crippen LogP contribution in [0.25, 0.3) is 0 Å². The van der Waals surface area contributed by atoms with Crippen molar-refractivity contribution in [3.8, 4) is 0 Å². The molecule has 0 unspecified atom stereocenters. The Kier molecular flexibility index (Phi) is 5.80. The number of hydrogen-bond donors (Lipinski definition) is 1. The predicted octanol–water partition coefficient (Wildman–Crippen LogP) is 2.79. The molecule has 0 atom stereocenters. The lowest BCUT2D eigenvalue weighted by Crippen LogP contribution is -2.24. The van der Waals surface area contributed by atoms with Gasteiger partial charge < -0.3 is 5.32 Å². The maximum absolute atomic E-state index is 5.59. The van der Waals surface area contributed by atoms with Crippen molar-refractivity contribution in [3.63, 3.8) is 0 Å². The molecule has 0 radical (unpaired) electrons. The Morgan fingerprint density at radius 1 is 1.08 bits per heavy atom. The Hall–Kier alpha value is 0.250. The first-order valence-corrected chi connectivity index (χ1v) is 5.73. The first-order chi connectivity index (χ1) is 5.93. The van der Waals surface area contributed by atoms with E-state index in [2.05, 4.69) is 5.32 Å². The van der Waals surface area contributed by atoms with E-state index in [1.165, 1.54) is 45.1 Å². The normalized spacial score (nSPS) is 20.8. The molecule has 0 aromatic carbocycles. The van der Waals surface area contributed by atoms with Crippen LogP contribution in [0.1, 0.15) is 38.5 Å². The van der Waals surface area contributed by atoms with Crippen molar-refractivity contribution in [2.75, 3.05) is 19.0 Å². The second-order valence-electron chi connectivity index (χ2n) is 3.75. The lowest BCUT2D eigenvalue weighted by atomic mass is 10.0. The molecule has 0 aliphatic heterocycles. The Balaban J connectivity index is 2.04. The van der Waals surface area contributed by atoms with Gasteiger partial charge in [-0.3, -0.25) is 0 Å². The van der Waals surface area contributed by atoms with Gasteiger partial charge in [0.2, 0.25) is 0 Å². The topological polar surface area (TPSA) is 12.0 Å². The molecule has 1 nitrogen and oxygen atoms in total. The lowest BCUT2D eigenvalue weighted by Gasteiger charge is -2.13. The van der Waals surface area contributed by atoms with Crippen molar-refractivity contribution in [2.45, 2.75) is 38.5 Å². The zero-order chi connectivity index (χ0) is 8.65. The standard InChI is InChI=1S/C10H20ClN/c11-7-8-12-9-10-5-3-1-2-4-6-10/h10,12H,1-9H2. The Labute approximate surface area is 80.9 Å². The van der Waals surface area contributed by atoms with E-state index in [0.29, 0.717) is 0 Å². The largest absolute Gasteiger partial charge is 0.315 e. The molecular weight excluding hydrogens is 170 g/mol. The van der Waals surface area contributed by atoms with E-state index in [-0.39, 0.29) is 0 Å². The van der Waals surface area contributed by atoms with Crippen LogP contribution in [0.5, 0.6) is 0 Å². The maximum Gasteiger partial charge on any atom is 0.0348 e. The Morgan fingerprint density at radius 3 is 2.33 bits per heavy atom. The second kappa shape index (κ2) is 6.73. The molecule has 1 N–H and O–H groups in total. The summed E-state index contributed by atoms with van der Waals surface area (Å²) in [6, 6.07) is 0. The zero-order valence-corrected chi connectivity index (χ0v) is 8.58. The Morgan fingerprint density at radius 2 is 1.75 bits per heavy atom. The minimum atomic E-state index is 0.743. The van der Waals surface area contributed by atoms with Crippen LogP contribution < -0.4 is 5.32 Å². The number of hydrogen-bond acceptors (Lipinski definition) is 1. The van der Waals surface area contributed by atoms with Crippen molar-refractivity contribution in [1.29, 1.82) is 0 Å². The quantitative estimate of drug-likeness (QED) is 0.408. The minimum absolute atomic E-state index is 0.743. The van der Waals surface area contributed by atoms with Crippen LogP contribution >= 0.6 is 11.6 Å². The highest BCUT2D eigenvalue weighted by molar-refractivity contribution is 6.18. The van der Waals surface area contributed by atoms with Crippen molar-refractivity contribution in [2.24, 2.45) is 5.92 Å². The van der Waals surface area contributed by atoms with Gasteiger partial charge in [-0.25, -0.2) is 0 Å². The summed E-state index contributed by atoms with van der Waals surface area (Å²) in [7, 11) is 0. The fourth-order valence-corrected chi connectivity index (χ4v) is 2.07. The SMILES string of the molecule is ClCCNCC1CCCCCC1. The Bertz CT molecular complexity index is 98.0. The number of alkyl halides is 1. The summed E-state index contributed by atoms with van der Waals surface area (Å²) in [6.45, 7) is 2.16. The van der Waals surface area contributed by atoms with Crippen LogP contribution in [-0.2, 0) is 0 Å². The molecule has 0 amide bonds. The van der Waals surface area contributed by atoms with E-state index in [1.807, 2.05) is 0 Å². The summed E-state index contributed by atoms with van der Waals surface area (Å²) in [4.78, 5) is 0. The van der Waals surface area contributed by atoms with Gasteiger partial charge in [-0.1, -0.05) is 25.7 Å². The van der Waals surface area contributed by atoms with Gasteiger partial charge in [0.05, 0.1) is 0 Å². The van der Waals surface area contributed by atoms with E-state index < -0.39 is 0 Å². The smallest absolute Gasteiger partial charge is 0.0348 e. The number of nitrogens with one attached hydrogen (secondary N) is 1. The first-order valence-electron chi connectivity index (χ1n) is 5.20. The molecule has 2 heteroatoms. The van der Waals surface area contributed by atoms with Gasteiger partial charge in [0, 0.05) is 12.4 Å². The maximum atomic E-state index is 5.59. The third kappa shape index (κ3) is 4.32. The van der Waals surface area contributed by atoms with Gasteiger partial charge in [-0.05, 0) is 25.3 Å². The molecule has 12 heavy (non-hydrogen) atoms. The van der Waals surface area contributed by atoms with Crippen LogP contribution in [-0.4, -0.2) is 19.0 Å². The fraction of sp³-hybridized carbons (Fsp3) is 1.00. The molecular formula is C10H20ClN. The van der Waals surface area contributed by atoms with Crippen LogP contribution in [0, 0.1) is 5.92 Å². The molecule has 0 heterocycles. The summed E-state index contributed by atoms with van der Waals surface area (Å²) in [6.07, 6.45) is 8.63. The molecule has 0 aromatic heterocycles. The fourth-order valence-electron chi connectivity index (χ4n) is 1.94. The van der Waals surface area contributed by atoms with E-state index in [0.717, 1.165) is 18.3 Å². The monoisotopic (exact) mass is 189 g/mol. The van der Waals surface area contributed by atoms with Gasteiger partial charge in [0.25, 0.3) is 0 Å². The van der Waals surface area contributed by atoms with Crippen LogP contribution in [0.4, 0.5) is 0 Å². The molecule has 72 valence electrons.